The number of hydrogen-bond acceptors (Lipinski definition) is 6. The standard InChI is InChI=1S/C20H26N4O4/c1-13(2)18(24-10-14(3)21-22-24)19(26)23-11-16(25)9-17(23)20(27)28-12-15-7-5-4-6-8-15/h4-8,10,13,16-18,25H,9,11-12H2,1-3H3/t16-,17+,18+/m1/s1. The molecule has 1 aromatic heterocycles. The Bertz CT molecular complexity index is 821. The van der Waals surface area contributed by atoms with Crippen molar-refractivity contribution in [3.63, 3.8) is 0 Å². The van der Waals surface area contributed by atoms with Crippen LogP contribution in [0.4, 0.5) is 0 Å². The zero-order chi connectivity index (χ0) is 20.3. The van der Waals surface area contributed by atoms with Crippen molar-refractivity contribution in [1.82, 2.24) is 19.9 Å². The second kappa shape index (κ2) is 8.52. The molecular weight excluding hydrogens is 360 g/mol. The normalized spacial score (nSPS) is 20.4. The molecule has 1 aliphatic heterocycles. The van der Waals surface area contributed by atoms with Gasteiger partial charge in [0.05, 0.1) is 11.8 Å². The summed E-state index contributed by atoms with van der Waals surface area (Å²) in [6, 6.07) is 7.94. The first-order valence-electron chi connectivity index (χ1n) is 9.44. The van der Waals surface area contributed by atoms with Crippen molar-refractivity contribution in [3.8, 4) is 0 Å². The van der Waals surface area contributed by atoms with Gasteiger partial charge in [0.25, 0.3) is 0 Å². The number of carbonyl (C=O) groups is 2. The van der Waals surface area contributed by atoms with E-state index < -0.39 is 24.2 Å². The number of aliphatic hydroxyl groups excluding tert-OH is 1. The van der Waals surface area contributed by atoms with Crippen LogP contribution < -0.4 is 0 Å². The van der Waals surface area contributed by atoms with Crippen molar-refractivity contribution in [2.45, 2.75) is 52.0 Å². The lowest BCUT2D eigenvalue weighted by Gasteiger charge is -2.29. The Labute approximate surface area is 164 Å². The number of nitrogens with zero attached hydrogens (tertiary/aromatic N) is 4. The van der Waals surface area contributed by atoms with Crippen LogP contribution in [0.1, 0.15) is 37.6 Å². The van der Waals surface area contributed by atoms with Crippen LogP contribution in [0.2, 0.25) is 0 Å². The molecule has 1 aliphatic rings. The summed E-state index contributed by atoms with van der Waals surface area (Å²) in [7, 11) is 0. The van der Waals surface area contributed by atoms with Gasteiger partial charge >= 0.3 is 5.97 Å². The fourth-order valence-corrected chi connectivity index (χ4v) is 3.48. The number of hydrogen-bond donors (Lipinski definition) is 1. The third kappa shape index (κ3) is 4.39. The molecule has 1 amide bonds. The fraction of sp³-hybridized carbons (Fsp3) is 0.500. The van der Waals surface area contributed by atoms with Crippen LogP contribution in [-0.2, 0) is 20.9 Å². The van der Waals surface area contributed by atoms with E-state index in [-0.39, 0.29) is 31.4 Å². The van der Waals surface area contributed by atoms with Crippen LogP contribution >= 0.6 is 0 Å². The van der Waals surface area contributed by atoms with E-state index in [1.54, 1.807) is 13.1 Å². The lowest BCUT2D eigenvalue weighted by atomic mass is 10.0. The summed E-state index contributed by atoms with van der Waals surface area (Å²) >= 11 is 0. The smallest absolute Gasteiger partial charge is 0.329 e. The fourth-order valence-electron chi connectivity index (χ4n) is 3.48. The van der Waals surface area contributed by atoms with Gasteiger partial charge in [-0.1, -0.05) is 49.4 Å². The lowest BCUT2D eigenvalue weighted by molar-refractivity contribution is -0.156. The van der Waals surface area contributed by atoms with Crippen molar-refractivity contribution in [2.75, 3.05) is 6.54 Å². The SMILES string of the molecule is Cc1cn([C@H](C(=O)N2C[C@H](O)C[C@H]2C(=O)OCc2ccccc2)C(C)C)nn1. The third-order valence-electron chi connectivity index (χ3n) is 4.85. The average Bonchev–Trinajstić information content (AvgIpc) is 3.26. The number of esters is 1. The summed E-state index contributed by atoms with van der Waals surface area (Å²) in [5.41, 5.74) is 1.57. The quantitative estimate of drug-likeness (QED) is 0.756. The highest BCUT2D eigenvalue weighted by Gasteiger charge is 2.43. The Hall–Kier alpha value is -2.74. The van der Waals surface area contributed by atoms with Crippen molar-refractivity contribution >= 4 is 11.9 Å². The molecule has 0 aliphatic carbocycles. The number of ether oxygens (including phenoxy) is 1. The summed E-state index contributed by atoms with van der Waals surface area (Å²) in [5.74, 6) is -0.837. The van der Waals surface area contributed by atoms with Crippen molar-refractivity contribution in [1.29, 1.82) is 0 Å². The summed E-state index contributed by atoms with van der Waals surface area (Å²) in [5, 5.41) is 18.1. The van der Waals surface area contributed by atoms with Gasteiger partial charge in [-0.3, -0.25) is 4.79 Å². The molecule has 1 N–H and O–H groups in total. The average molecular weight is 386 g/mol. The molecule has 2 heterocycles. The molecule has 3 atom stereocenters. The topological polar surface area (TPSA) is 97.5 Å². The number of aryl methyl sites for hydroxylation is 1. The Morgan fingerprint density at radius 3 is 2.61 bits per heavy atom. The number of amides is 1. The minimum atomic E-state index is -0.808. The minimum Gasteiger partial charge on any atom is -0.459 e. The van der Waals surface area contributed by atoms with Crippen LogP contribution in [0.3, 0.4) is 0 Å². The summed E-state index contributed by atoms with van der Waals surface area (Å²) in [6.45, 7) is 5.85. The third-order valence-corrected chi connectivity index (χ3v) is 4.85. The Balaban J connectivity index is 1.74. The zero-order valence-corrected chi connectivity index (χ0v) is 16.4. The molecule has 8 nitrogen and oxygen atoms in total. The van der Waals surface area contributed by atoms with Crippen LogP contribution in [0.5, 0.6) is 0 Å². The molecule has 2 aromatic rings. The maximum atomic E-state index is 13.2. The molecule has 8 heteroatoms. The second-order valence-electron chi connectivity index (χ2n) is 7.52. The number of rotatable bonds is 6. The van der Waals surface area contributed by atoms with E-state index in [9.17, 15) is 14.7 Å². The van der Waals surface area contributed by atoms with Crippen molar-refractivity contribution in [3.05, 3.63) is 47.8 Å². The Morgan fingerprint density at radius 2 is 2.00 bits per heavy atom. The van der Waals surface area contributed by atoms with Crippen molar-refractivity contribution in [2.24, 2.45) is 5.92 Å². The van der Waals surface area contributed by atoms with E-state index in [1.807, 2.05) is 44.2 Å². The Kier molecular flexibility index (Phi) is 6.08. The molecule has 1 aromatic carbocycles. The van der Waals surface area contributed by atoms with E-state index in [1.165, 1.54) is 9.58 Å². The van der Waals surface area contributed by atoms with E-state index in [4.69, 9.17) is 4.74 Å². The molecule has 0 bridgehead atoms. The monoisotopic (exact) mass is 386 g/mol. The van der Waals surface area contributed by atoms with Gasteiger partial charge in [-0.2, -0.15) is 0 Å². The van der Waals surface area contributed by atoms with Crippen molar-refractivity contribution < 1.29 is 19.4 Å². The van der Waals surface area contributed by atoms with Gasteiger partial charge in [0.2, 0.25) is 5.91 Å². The first-order valence-corrected chi connectivity index (χ1v) is 9.44. The molecule has 1 fully saturated rings. The van der Waals surface area contributed by atoms with Crippen LogP contribution in [-0.4, -0.2) is 55.6 Å². The molecule has 0 unspecified atom stereocenters. The number of aromatic nitrogens is 3. The van der Waals surface area contributed by atoms with Crippen LogP contribution in [0, 0.1) is 12.8 Å². The predicted molar refractivity (Wildman–Crippen MR) is 101 cm³/mol. The van der Waals surface area contributed by atoms with Gasteiger partial charge in [-0.25, -0.2) is 9.48 Å². The second-order valence-corrected chi connectivity index (χ2v) is 7.52. The maximum absolute atomic E-state index is 13.2. The van der Waals surface area contributed by atoms with Gasteiger partial charge in [0.15, 0.2) is 0 Å². The first-order chi connectivity index (χ1) is 13.4. The molecular formula is C20H26N4O4. The molecule has 0 spiro atoms. The van der Waals surface area contributed by atoms with E-state index >= 15 is 0 Å². The number of β-amino-alcohol motifs (C(OH)–C–C–N with tert-alkyl or cyclic N) is 1. The maximum Gasteiger partial charge on any atom is 0.329 e. The lowest BCUT2D eigenvalue weighted by Crippen LogP contribution is -2.46. The molecule has 0 saturated carbocycles. The van der Waals surface area contributed by atoms with Crippen LogP contribution in [0.25, 0.3) is 0 Å². The van der Waals surface area contributed by atoms with Gasteiger partial charge < -0.3 is 14.7 Å². The largest absolute Gasteiger partial charge is 0.459 e. The molecule has 0 radical (unpaired) electrons. The minimum absolute atomic E-state index is 0.0627. The highest BCUT2D eigenvalue weighted by atomic mass is 16.5. The number of benzene rings is 1. The summed E-state index contributed by atoms with van der Waals surface area (Å²) < 4.78 is 6.94. The van der Waals surface area contributed by atoms with Gasteiger partial charge in [0, 0.05) is 19.2 Å². The van der Waals surface area contributed by atoms with E-state index in [0.29, 0.717) is 5.69 Å². The molecule has 3 rings (SSSR count). The van der Waals surface area contributed by atoms with E-state index in [0.717, 1.165) is 5.56 Å². The van der Waals surface area contributed by atoms with Crippen LogP contribution in [0.15, 0.2) is 36.5 Å². The highest BCUT2D eigenvalue weighted by molar-refractivity contribution is 5.87. The summed E-state index contributed by atoms with van der Waals surface area (Å²) in [4.78, 5) is 27.3. The molecule has 1 saturated heterocycles. The zero-order valence-electron chi connectivity index (χ0n) is 16.4. The number of carbonyl (C=O) groups excluding carboxylic acids is 2. The Morgan fingerprint density at radius 1 is 1.29 bits per heavy atom. The number of aliphatic hydroxyl groups is 1. The first kappa shape index (κ1) is 20.0. The predicted octanol–water partition coefficient (Wildman–Crippen LogP) is 1.49. The van der Waals surface area contributed by atoms with Gasteiger partial charge in [0.1, 0.15) is 18.7 Å². The van der Waals surface area contributed by atoms with Gasteiger partial charge in [-0.15, -0.1) is 5.10 Å². The van der Waals surface area contributed by atoms with Gasteiger partial charge in [-0.05, 0) is 18.4 Å². The molecule has 150 valence electrons. The van der Waals surface area contributed by atoms with E-state index in [2.05, 4.69) is 10.3 Å². The summed E-state index contributed by atoms with van der Waals surface area (Å²) in [6.07, 6.45) is 1.11. The number of likely N-dealkylation sites (tertiary alicyclic amines) is 1. The highest BCUT2D eigenvalue weighted by Crippen LogP contribution is 2.27. The molecule has 28 heavy (non-hydrogen) atoms.